The van der Waals surface area contributed by atoms with Crippen LogP contribution < -0.4 is 20.1 Å². The van der Waals surface area contributed by atoms with Crippen molar-refractivity contribution in [1.29, 1.82) is 0 Å². The van der Waals surface area contributed by atoms with Crippen LogP contribution in [0.2, 0.25) is 0 Å². The van der Waals surface area contributed by atoms with Crippen molar-refractivity contribution in [2.24, 2.45) is 0 Å². The SMILES string of the molecule is CCCN1CCC(N2C[C@@H](NCc3ccc(F)c(F)c3)C[C@H]2C(=O)NCCc2ccc3c(c2)OCO3)CC1. The van der Waals surface area contributed by atoms with Gasteiger partial charge in [-0.15, -0.1) is 0 Å². The van der Waals surface area contributed by atoms with Gasteiger partial charge < -0.3 is 25.0 Å². The summed E-state index contributed by atoms with van der Waals surface area (Å²) in [6.45, 7) is 7.43. The summed E-state index contributed by atoms with van der Waals surface area (Å²) in [4.78, 5) is 18.3. The molecule has 0 bridgehead atoms. The molecule has 2 N–H and O–H groups in total. The molecule has 2 aromatic carbocycles. The van der Waals surface area contributed by atoms with Gasteiger partial charge in [-0.1, -0.05) is 19.1 Å². The number of hydrogen-bond donors (Lipinski definition) is 2. The summed E-state index contributed by atoms with van der Waals surface area (Å²) >= 11 is 0. The van der Waals surface area contributed by atoms with E-state index >= 15 is 0 Å². The fourth-order valence-corrected chi connectivity index (χ4v) is 5.92. The highest BCUT2D eigenvalue weighted by atomic mass is 19.2. The van der Waals surface area contributed by atoms with E-state index in [4.69, 9.17) is 9.47 Å². The Bertz CT molecular complexity index is 1110. The van der Waals surface area contributed by atoms with Crippen LogP contribution >= 0.6 is 0 Å². The number of halogens is 2. The Morgan fingerprint density at radius 1 is 1.03 bits per heavy atom. The minimum atomic E-state index is -0.840. The van der Waals surface area contributed by atoms with Gasteiger partial charge in [0.25, 0.3) is 0 Å². The zero-order valence-electron chi connectivity index (χ0n) is 22.1. The number of carbonyl (C=O) groups is 1. The number of carbonyl (C=O) groups excluding carboxylic acids is 1. The number of rotatable bonds is 10. The van der Waals surface area contributed by atoms with Crippen molar-refractivity contribution in [3.05, 3.63) is 59.2 Å². The number of benzene rings is 2. The predicted octanol–water partition coefficient (Wildman–Crippen LogP) is 3.46. The molecule has 2 atom stereocenters. The van der Waals surface area contributed by atoms with E-state index in [-0.39, 0.29) is 24.8 Å². The molecule has 0 aromatic heterocycles. The molecule has 7 nitrogen and oxygen atoms in total. The molecule has 2 fully saturated rings. The molecule has 3 heterocycles. The van der Waals surface area contributed by atoms with Gasteiger partial charge in [-0.25, -0.2) is 8.78 Å². The molecule has 5 rings (SSSR count). The van der Waals surface area contributed by atoms with Gasteiger partial charge in [0, 0.05) is 31.7 Å². The summed E-state index contributed by atoms with van der Waals surface area (Å²) in [5, 5.41) is 6.65. The zero-order valence-corrected chi connectivity index (χ0v) is 22.1. The lowest BCUT2D eigenvalue weighted by atomic mass is 10.0. The quantitative estimate of drug-likeness (QED) is 0.493. The molecule has 0 unspecified atom stereocenters. The second-order valence-electron chi connectivity index (χ2n) is 10.6. The van der Waals surface area contributed by atoms with E-state index in [0.29, 0.717) is 37.5 Å². The molecule has 0 spiro atoms. The smallest absolute Gasteiger partial charge is 0.237 e. The van der Waals surface area contributed by atoms with E-state index in [1.54, 1.807) is 6.07 Å². The highest BCUT2D eigenvalue weighted by Gasteiger charge is 2.40. The minimum Gasteiger partial charge on any atom is -0.454 e. The van der Waals surface area contributed by atoms with Crippen LogP contribution in [0.15, 0.2) is 36.4 Å². The highest BCUT2D eigenvalue weighted by molar-refractivity contribution is 5.82. The van der Waals surface area contributed by atoms with Gasteiger partial charge in [0.15, 0.2) is 23.1 Å². The summed E-state index contributed by atoms with van der Waals surface area (Å²) < 4.78 is 37.8. The van der Waals surface area contributed by atoms with E-state index in [9.17, 15) is 13.6 Å². The van der Waals surface area contributed by atoms with Crippen LogP contribution in [-0.4, -0.2) is 73.3 Å². The van der Waals surface area contributed by atoms with Crippen LogP contribution in [-0.2, 0) is 17.8 Å². The minimum absolute atomic E-state index is 0.0545. The van der Waals surface area contributed by atoms with Crippen molar-refractivity contribution in [3.63, 3.8) is 0 Å². The lowest BCUT2D eigenvalue weighted by Crippen LogP contribution is -2.51. The van der Waals surface area contributed by atoms with Gasteiger partial charge in [-0.05, 0) is 87.1 Å². The maximum Gasteiger partial charge on any atom is 0.237 e. The summed E-state index contributed by atoms with van der Waals surface area (Å²) in [6, 6.07) is 10.1. The largest absolute Gasteiger partial charge is 0.454 e. The van der Waals surface area contributed by atoms with Gasteiger partial charge in [-0.2, -0.15) is 0 Å². The third-order valence-electron chi connectivity index (χ3n) is 7.94. The zero-order chi connectivity index (χ0) is 26.5. The maximum atomic E-state index is 13.7. The number of amides is 1. The van der Waals surface area contributed by atoms with Crippen molar-refractivity contribution in [1.82, 2.24) is 20.4 Å². The van der Waals surface area contributed by atoms with Gasteiger partial charge >= 0.3 is 0 Å². The van der Waals surface area contributed by atoms with Crippen LogP contribution in [0.1, 0.15) is 43.7 Å². The Labute approximate surface area is 223 Å². The van der Waals surface area contributed by atoms with Crippen LogP contribution in [0.25, 0.3) is 0 Å². The molecule has 0 aliphatic carbocycles. The van der Waals surface area contributed by atoms with Crippen LogP contribution in [0.3, 0.4) is 0 Å². The number of hydrogen-bond acceptors (Lipinski definition) is 6. The first-order valence-electron chi connectivity index (χ1n) is 13.8. The molecule has 9 heteroatoms. The first-order valence-corrected chi connectivity index (χ1v) is 13.8. The summed E-state index contributed by atoms with van der Waals surface area (Å²) in [5.41, 5.74) is 1.78. The normalized spacial score (nSPS) is 22.2. The summed E-state index contributed by atoms with van der Waals surface area (Å²) in [7, 11) is 0. The van der Waals surface area contributed by atoms with Crippen molar-refractivity contribution in [3.8, 4) is 11.5 Å². The van der Waals surface area contributed by atoms with Crippen molar-refractivity contribution in [2.75, 3.05) is 39.5 Å². The molecule has 38 heavy (non-hydrogen) atoms. The Hall–Kier alpha value is -2.75. The molecule has 3 aliphatic rings. The molecule has 206 valence electrons. The van der Waals surface area contributed by atoms with E-state index in [1.165, 1.54) is 6.07 Å². The Morgan fingerprint density at radius 2 is 1.82 bits per heavy atom. The van der Waals surface area contributed by atoms with Crippen LogP contribution in [0.4, 0.5) is 8.78 Å². The van der Waals surface area contributed by atoms with Gasteiger partial charge in [-0.3, -0.25) is 9.69 Å². The van der Waals surface area contributed by atoms with Gasteiger partial charge in [0.05, 0.1) is 6.04 Å². The molecule has 0 saturated carbocycles. The lowest BCUT2D eigenvalue weighted by molar-refractivity contribution is -0.126. The number of ether oxygens (including phenoxy) is 2. The second kappa shape index (κ2) is 12.4. The molecular weight excluding hydrogens is 490 g/mol. The Kier molecular flexibility index (Phi) is 8.76. The second-order valence-corrected chi connectivity index (χ2v) is 10.6. The third kappa shape index (κ3) is 6.45. The number of likely N-dealkylation sites (tertiary alicyclic amines) is 2. The van der Waals surface area contributed by atoms with E-state index in [2.05, 4.69) is 27.4 Å². The monoisotopic (exact) mass is 528 g/mol. The van der Waals surface area contributed by atoms with Gasteiger partial charge in [0.2, 0.25) is 12.7 Å². The summed E-state index contributed by atoms with van der Waals surface area (Å²) in [6.07, 6.45) is 4.66. The molecular formula is C29H38F2N4O3. The van der Waals surface area contributed by atoms with Crippen molar-refractivity contribution >= 4 is 5.91 Å². The average Bonchev–Trinajstić information content (AvgIpc) is 3.57. The summed E-state index contributed by atoms with van der Waals surface area (Å²) in [5.74, 6) is -0.117. The first kappa shape index (κ1) is 26.8. The van der Waals surface area contributed by atoms with Crippen molar-refractivity contribution < 1.29 is 23.0 Å². The number of fused-ring (bicyclic) bond motifs is 1. The van der Waals surface area contributed by atoms with E-state index < -0.39 is 11.6 Å². The van der Waals surface area contributed by atoms with Gasteiger partial charge in [0.1, 0.15) is 0 Å². The standard InChI is InChI=1S/C29H38F2N4O3/c1-2-11-34-12-8-23(9-13-34)35-18-22(33-17-21-3-5-24(30)25(31)14-21)16-26(35)29(36)32-10-7-20-4-6-27-28(15-20)38-19-37-27/h3-6,14-15,22-23,26,33H,2,7-13,16-19H2,1H3,(H,32,36)/t22-,26-/m0/s1. The van der Waals surface area contributed by atoms with E-state index in [0.717, 1.165) is 68.6 Å². The topological polar surface area (TPSA) is 66.1 Å². The fourth-order valence-electron chi connectivity index (χ4n) is 5.92. The Balaban J connectivity index is 1.19. The Morgan fingerprint density at radius 3 is 2.61 bits per heavy atom. The highest BCUT2D eigenvalue weighted by Crippen LogP contribution is 2.32. The first-order chi connectivity index (χ1) is 18.5. The molecule has 0 radical (unpaired) electrons. The molecule has 2 aromatic rings. The number of nitrogens with one attached hydrogen (secondary N) is 2. The third-order valence-corrected chi connectivity index (χ3v) is 7.94. The molecule has 2 saturated heterocycles. The molecule has 3 aliphatic heterocycles. The predicted molar refractivity (Wildman–Crippen MR) is 141 cm³/mol. The lowest BCUT2D eigenvalue weighted by Gasteiger charge is -2.39. The average molecular weight is 529 g/mol. The van der Waals surface area contributed by atoms with Crippen LogP contribution in [0, 0.1) is 11.6 Å². The fraction of sp³-hybridized carbons (Fsp3) is 0.552. The number of nitrogens with zero attached hydrogens (tertiary/aromatic N) is 2. The van der Waals surface area contributed by atoms with Crippen LogP contribution in [0.5, 0.6) is 11.5 Å². The molecule has 1 amide bonds. The maximum absolute atomic E-state index is 13.7. The van der Waals surface area contributed by atoms with E-state index in [1.807, 2.05) is 18.2 Å². The number of piperidine rings is 1. The van der Waals surface area contributed by atoms with Crippen molar-refractivity contribution in [2.45, 2.75) is 63.7 Å².